The molecular formula is C14H22N2O2S. The van der Waals surface area contributed by atoms with Crippen molar-refractivity contribution in [3.63, 3.8) is 0 Å². The summed E-state index contributed by atoms with van der Waals surface area (Å²) in [5, 5.41) is 2.80. The highest BCUT2D eigenvalue weighted by molar-refractivity contribution is 7.84. The van der Waals surface area contributed by atoms with Gasteiger partial charge in [0.2, 0.25) is 5.91 Å². The van der Waals surface area contributed by atoms with E-state index in [9.17, 15) is 9.00 Å². The van der Waals surface area contributed by atoms with Crippen molar-refractivity contribution in [2.75, 3.05) is 18.5 Å². The first-order valence-corrected chi connectivity index (χ1v) is 7.84. The molecule has 0 radical (unpaired) electrons. The van der Waals surface area contributed by atoms with Crippen molar-refractivity contribution in [3.8, 4) is 0 Å². The first-order chi connectivity index (χ1) is 8.75. The Balaban J connectivity index is 2.74. The molecule has 4 nitrogen and oxygen atoms in total. The number of amides is 1. The molecule has 1 aromatic rings. The van der Waals surface area contributed by atoms with Crippen LogP contribution in [0.15, 0.2) is 24.3 Å². The Morgan fingerprint density at radius 2 is 1.89 bits per heavy atom. The van der Waals surface area contributed by atoms with Gasteiger partial charge in [-0.3, -0.25) is 9.00 Å². The average Bonchev–Trinajstić information content (AvgIpc) is 2.35. The van der Waals surface area contributed by atoms with E-state index < -0.39 is 16.2 Å². The lowest BCUT2D eigenvalue weighted by Crippen LogP contribution is -2.43. The van der Waals surface area contributed by atoms with Crippen LogP contribution in [0.5, 0.6) is 0 Å². The molecule has 0 saturated carbocycles. The zero-order valence-electron chi connectivity index (χ0n) is 11.9. The molecule has 5 heteroatoms. The Labute approximate surface area is 117 Å². The van der Waals surface area contributed by atoms with Gasteiger partial charge in [-0.2, -0.15) is 0 Å². The third-order valence-electron chi connectivity index (χ3n) is 3.32. The van der Waals surface area contributed by atoms with Crippen molar-refractivity contribution in [2.45, 2.75) is 31.4 Å². The van der Waals surface area contributed by atoms with E-state index in [0.29, 0.717) is 12.2 Å². The molecule has 106 valence electrons. The molecule has 0 aliphatic heterocycles. The van der Waals surface area contributed by atoms with E-state index in [2.05, 4.69) is 5.32 Å². The summed E-state index contributed by atoms with van der Waals surface area (Å²) in [6.07, 6.45) is 1.64. The minimum Gasteiger partial charge on any atom is -0.399 e. The summed E-state index contributed by atoms with van der Waals surface area (Å²) in [6.45, 7) is 6.00. The summed E-state index contributed by atoms with van der Waals surface area (Å²) in [6, 6.07) is 7.29. The molecule has 1 rings (SSSR count). The third kappa shape index (κ3) is 4.06. The van der Waals surface area contributed by atoms with Crippen LogP contribution in [-0.2, 0) is 21.0 Å². The van der Waals surface area contributed by atoms with Crippen LogP contribution in [0.4, 0.5) is 5.69 Å². The first-order valence-electron chi connectivity index (χ1n) is 6.21. The number of hydrogen-bond donors (Lipinski definition) is 2. The number of nitrogens with two attached hydrogens (primary N) is 1. The average molecular weight is 282 g/mol. The minimum atomic E-state index is -0.932. The number of anilines is 1. The third-order valence-corrected chi connectivity index (χ3v) is 4.62. The van der Waals surface area contributed by atoms with E-state index >= 15 is 0 Å². The van der Waals surface area contributed by atoms with Crippen LogP contribution in [0, 0.1) is 0 Å². The SMILES string of the molecule is CC(CNC(=O)C(C)(C)c1ccc(N)cc1)S(C)=O. The highest BCUT2D eigenvalue weighted by atomic mass is 32.2. The van der Waals surface area contributed by atoms with Crippen LogP contribution in [0.3, 0.4) is 0 Å². The number of carbonyl (C=O) groups is 1. The van der Waals surface area contributed by atoms with Crippen molar-refractivity contribution in [3.05, 3.63) is 29.8 Å². The molecule has 0 fully saturated rings. The van der Waals surface area contributed by atoms with Gasteiger partial charge in [0.25, 0.3) is 0 Å². The van der Waals surface area contributed by atoms with Crippen molar-refractivity contribution < 1.29 is 9.00 Å². The standard InChI is InChI=1S/C14H22N2O2S/c1-10(19(4)18)9-16-13(17)14(2,3)11-5-7-12(15)8-6-11/h5-8,10H,9,15H2,1-4H3,(H,16,17). The normalized spacial score (nSPS) is 14.7. The summed E-state index contributed by atoms with van der Waals surface area (Å²) in [5.74, 6) is -0.0745. The molecule has 19 heavy (non-hydrogen) atoms. The van der Waals surface area contributed by atoms with Crippen molar-refractivity contribution in [1.29, 1.82) is 0 Å². The van der Waals surface area contributed by atoms with Gasteiger partial charge in [-0.15, -0.1) is 0 Å². The number of hydrogen-bond acceptors (Lipinski definition) is 3. The summed E-state index contributed by atoms with van der Waals surface area (Å²) < 4.78 is 11.3. The minimum absolute atomic E-state index is 0.0498. The molecule has 3 N–H and O–H groups in total. The van der Waals surface area contributed by atoms with Crippen molar-refractivity contribution >= 4 is 22.4 Å². The number of carbonyl (C=O) groups excluding carboxylic acids is 1. The highest BCUT2D eigenvalue weighted by Gasteiger charge is 2.29. The van der Waals surface area contributed by atoms with Gasteiger partial charge in [-0.05, 0) is 38.5 Å². The molecular weight excluding hydrogens is 260 g/mol. The Hall–Kier alpha value is -1.36. The first kappa shape index (κ1) is 15.7. The molecule has 1 aromatic carbocycles. The topological polar surface area (TPSA) is 72.2 Å². The maximum Gasteiger partial charge on any atom is 0.230 e. The van der Waals surface area contributed by atoms with Gasteiger partial charge < -0.3 is 11.1 Å². The number of rotatable bonds is 5. The Kier molecular flexibility index (Phi) is 5.11. The molecule has 2 unspecified atom stereocenters. The van der Waals surface area contributed by atoms with E-state index in [1.54, 1.807) is 18.4 Å². The van der Waals surface area contributed by atoms with Crippen LogP contribution in [-0.4, -0.2) is 28.2 Å². The van der Waals surface area contributed by atoms with Gasteiger partial charge in [-0.1, -0.05) is 12.1 Å². The van der Waals surface area contributed by atoms with Gasteiger partial charge in [0.05, 0.1) is 5.41 Å². The Morgan fingerprint density at radius 3 is 2.37 bits per heavy atom. The van der Waals surface area contributed by atoms with Gasteiger partial charge >= 0.3 is 0 Å². The van der Waals surface area contributed by atoms with E-state index in [1.807, 2.05) is 32.9 Å². The van der Waals surface area contributed by atoms with Crippen molar-refractivity contribution in [1.82, 2.24) is 5.32 Å². The van der Waals surface area contributed by atoms with E-state index in [-0.39, 0.29) is 11.2 Å². The van der Waals surface area contributed by atoms with Gasteiger partial charge in [0.1, 0.15) is 0 Å². The molecule has 1 amide bonds. The van der Waals surface area contributed by atoms with Gasteiger partial charge in [-0.25, -0.2) is 0 Å². The van der Waals surface area contributed by atoms with E-state index in [4.69, 9.17) is 5.73 Å². The second-order valence-corrected chi connectivity index (χ2v) is 7.07. The summed E-state index contributed by atoms with van der Waals surface area (Å²) in [4.78, 5) is 12.2. The zero-order chi connectivity index (χ0) is 14.6. The molecule has 0 heterocycles. The second kappa shape index (κ2) is 6.19. The monoisotopic (exact) mass is 282 g/mol. The van der Waals surface area contributed by atoms with E-state index in [1.165, 1.54) is 0 Å². The lowest BCUT2D eigenvalue weighted by Gasteiger charge is -2.25. The van der Waals surface area contributed by atoms with E-state index in [0.717, 1.165) is 5.56 Å². The number of nitrogens with one attached hydrogen (secondary N) is 1. The smallest absolute Gasteiger partial charge is 0.230 e. The summed E-state index contributed by atoms with van der Waals surface area (Å²) in [7, 11) is -0.932. The van der Waals surface area contributed by atoms with Crippen LogP contribution >= 0.6 is 0 Å². The summed E-state index contributed by atoms with van der Waals surface area (Å²) in [5.41, 5.74) is 6.59. The molecule has 0 spiro atoms. The lowest BCUT2D eigenvalue weighted by atomic mass is 9.83. The van der Waals surface area contributed by atoms with Crippen LogP contribution in [0.1, 0.15) is 26.3 Å². The molecule has 0 aromatic heterocycles. The Bertz CT molecular complexity index is 469. The summed E-state index contributed by atoms with van der Waals surface area (Å²) >= 11 is 0. The largest absolute Gasteiger partial charge is 0.399 e. The molecule has 0 bridgehead atoms. The zero-order valence-corrected chi connectivity index (χ0v) is 12.7. The van der Waals surface area contributed by atoms with Crippen LogP contribution in [0.25, 0.3) is 0 Å². The number of benzene rings is 1. The van der Waals surface area contributed by atoms with Crippen LogP contribution in [0.2, 0.25) is 0 Å². The fourth-order valence-corrected chi connectivity index (χ4v) is 1.92. The quantitative estimate of drug-likeness (QED) is 0.803. The lowest BCUT2D eigenvalue weighted by molar-refractivity contribution is -0.125. The molecule has 0 aliphatic rings. The predicted molar refractivity (Wildman–Crippen MR) is 80.4 cm³/mol. The number of nitrogen functional groups attached to an aromatic ring is 1. The van der Waals surface area contributed by atoms with Crippen molar-refractivity contribution in [2.24, 2.45) is 0 Å². The fourth-order valence-electron chi connectivity index (χ4n) is 1.61. The maximum absolute atomic E-state index is 12.2. The molecule has 0 aliphatic carbocycles. The highest BCUT2D eigenvalue weighted by Crippen LogP contribution is 2.24. The van der Waals surface area contributed by atoms with Crippen LogP contribution < -0.4 is 11.1 Å². The predicted octanol–water partition coefficient (Wildman–Crippen LogP) is 1.43. The maximum atomic E-state index is 12.2. The Morgan fingerprint density at radius 1 is 1.37 bits per heavy atom. The molecule has 2 atom stereocenters. The van der Waals surface area contributed by atoms with Gasteiger partial charge in [0.15, 0.2) is 0 Å². The molecule has 0 saturated heterocycles. The second-order valence-electron chi connectivity index (χ2n) is 5.27. The van der Waals surface area contributed by atoms with Gasteiger partial charge in [0, 0.05) is 34.5 Å². The fraction of sp³-hybridized carbons (Fsp3) is 0.500.